The maximum atomic E-state index is 13.5. The number of rotatable bonds is 10. The average Bonchev–Trinajstić information content (AvgIpc) is 2.83. The van der Waals surface area contributed by atoms with Gasteiger partial charge in [0.05, 0.1) is 35.2 Å². The number of hydrogen-bond acceptors (Lipinski definition) is 6. The highest BCUT2D eigenvalue weighted by Crippen LogP contribution is 2.32. The molecule has 0 aliphatic heterocycles. The predicted molar refractivity (Wildman–Crippen MR) is 131 cm³/mol. The summed E-state index contributed by atoms with van der Waals surface area (Å²) < 4.78 is 60.2. The Morgan fingerprint density at radius 1 is 0.794 bits per heavy atom. The van der Waals surface area contributed by atoms with Crippen LogP contribution in [0.3, 0.4) is 0 Å². The number of sulfonamides is 2. The van der Waals surface area contributed by atoms with Crippen LogP contribution in [0.5, 0.6) is 5.75 Å². The Hall–Kier alpha value is -2.92. The van der Waals surface area contributed by atoms with Crippen LogP contribution in [0.4, 0.5) is 5.69 Å². The Labute approximate surface area is 201 Å². The first-order valence-electron chi connectivity index (χ1n) is 10.5. The molecule has 0 radical (unpaired) electrons. The van der Waals surface area contributed by atoms with Gasteiger partial charge >= 0.3 is 0 Å². The second kappa shape index (κ2) is 10.6. The van der Waals surface area contributed by atoms with E-state index in [1.165, 1.54) is 38.4 Å². The van der Waals surface area contributed by atoms with Gasteiger partial charge in [-0.15, -0.1) is 0 Å². The Morgan fingerprint density at radius 3 is 1.97 bits per heavy atom. The lowest BCUT2D eigenvalue weighted by atomic mass is 10.2. The molecule has 3 aromatic carbocycles. The highest BCUT2D eigenvalue weighted by Gasteiger charge is 2.31. The Balaban J connectivity index is 1.91. The SMILES string of the molecule is COc1ccccc1N(C[C@@H](O)CN(C)S(=O)(=O)c1ccc(C)cc1)S(=O)(=O)c1ccccc1. The second-order valence-electron chi connectivity index (χ2n) is 7.77. The molecular formula is C24H28N2O6S2. The number of benzene rings is 3. The molecule has 0 aromatic heterocycles. The molecule has 0 saturated heterocycles. The third-order valence-corrected chi connectivity index (χ3v) is 8.89. The number of aliphatic hydroxyl groups excluding tert-OH is 1. The number of hydrogen-bond donors (Lipinski definition) is 1. The number of aryl methyl sites for hydroxylation is 1. The molecule has 0 fully saturated rings. The summed E-state index contributed by atoms with van der Waals surface area (Å²) in [5.41, 5.74) is 1.15. The number of likely N-dealkylation sites (N-methyl/N-ethyl adjacent to an activating group) is 1. The summed E-state index contributed by atoms with van der Waals surface area (Å²) in [4.78, 5) is 0.125. The Morgan fingerprint density at radius 2 is 1.35 bits per heavy atom. The minimum atomic E-state index is -4.08. The highest BCUT2D eigenvalue weighted by molar-refractivity contribution is 7.92. The number of aliphatic hydroxyl groups is 1. The zero-order valence-corrected chi connectivity index (χ0v) is 20.8. The van der Waals surface area contributed by atoms with E-state index in [1.54, 1.807) is 54.6 Å². The second-order valence-corrected chi connectivity index (χ2v) is 11.7. The third kappa shape index (κ3) is 5.58. The van der Waals surface area contributed by atoms with E-state index in [9.17, 15) is 21.9 Å². The largest absolute Gasteiger partial charge is 0.495 e. The number of nitrogens with zero attached hydrogens (tertiary/aromatic N) is 2. The quantitative estimate of drug-likeness (QED) is 0.455. The molecule has 1 N–H and O–H groups in total. The molecule has 0 unspecified atom stereocenters. The van der Waals surface area contributed by atoms with Gasteiger partial charge in [-0.05, 0) is 43.3 Å². The normalized spacial score (nSPS) is 13.0. The minimum Gasteiger partial charge on any atom is -0.495 e. The van der Waals surface area contributed by atoms with Crippen LogP contribution in [0.2, 0.25) is 0 Å². The number of anilines is 1. The van der Waals surface area contributed by atoms with Gasteiger partial charge in [-0.1, -0.05) is 48.0 Å². The van der Waals surface area contributed by atoms with Crippen LogP contribution >= 0.6 is 0 Å². The summed E-state index contributed by atoms with van der Waals surface area (Å²) in [6.45, 7) is 1.15. The fraction of sp³-hybridized carbons (Fsp3) is 0.250. The van der Waals surface area contributed by atoms with Gasteiger partial charge in [0.1, 0.15) is 5.75 Å². The van der Waals surface area contributed by atoms with Crippen molar-refractivity contribution >= 4 is 25.7 Å². The van der Waals surface area contributed by atoms with Gasteiger partial charge in [-0.25, -0.2) is 16.8 Å². The molecule has 1 atom stereocenters. The van der Waals surface area contributed by atoms with Crippen molar-refractivity contribution in [1.82, 2.24) is 4.31 Å². The number of methoxy groups -OCH3 is 1. The van der Waals surface area contributed by atoms with E-state index in [4.69, 9.17) is 4.74 Å². The van der Waals surface area contributed by atoms with Crippen LogP contribution in [0.15, 0.2) is 88.7 Å². The van der Waals surface area contributed by atoms with Crippen LogP contribution in [0.1, 0.15) is 5.56 Å². The van der Waals surface area contributed by atoms with E-state index in [0.717, 1.165) is 14.2 Å². The number of ether oxygens (including phenoxy) is 1. The smallest absolute Gasteiger partial charge is 0.264 e. The molecular weight excluding hydrogens is 476 g/mol. The van der Waals surface area contributed by atoms with Crippen LogP contribution < -0.4 is 9.04 Å². The van der Waals surface area contributed by atoms with E-state index in [2.05, 4.69) is 0 Å². The Bertz CT molecular complexity index is 1310. The highest BCUT2D eigenvalue weighted by atomic mass is 32.2. The van der Waals surface area contributed by atoms with Crippen LogP contribution in [-0.2, 0) is 20.0 Å². The van der Waals surface area contributed by atoms with E-state index in [-0.39, 0.29) is 28.6 Å². The van der Waals surface area contributed by atoms with Crippen molar-refractivity contribution in [2.45, 2.75) is 22.8 Å². The van der Waals surface area contributed by atoms with Crippen molar-refractivity contribution in [3.63, 3.8) is 0 Å². The zero-order valence-electron chi connectivity index (χ0n) is 19.2. The van der Waals surface area contributed by atoms with Crippen molar-refractivity contribution in [3.8, 4) is 5.75 Å². The van der Waals surface area contributed by atoms with Crippen LogP contribution in [0.25, 0.3) is 0 Å². The molecule has 0 aliphatic carbocycles. The molecule has 0 spiro atoms. The monoisotopic (exact) mass is 504 g/mol. The minimum absolute atomic E-state index is 0.0359. The van der Waals surface area contributed by atoms with Gasteiger partial charge in [-0.3, -0.25) is 4.31 Å². The van der Waals surface area contributed by atoms with E-state index < -0.39 is 26.2 Å². The maximum absolute atomic E-state index is 13.5. The molecule has 0 heterocycles. The molecule has 0 amide bonds. The lowest BCUT2D eigenvalue weighted by molar-refractivity contribution is 0.161. The summed E-state index contributed by atoms with van der Waals surface area (Å²) in [5, 5.41) is 10.8. The lowest BCUT2D eigenvalue weighted by Crippen LogP contribution is -2.43. The molecule has 3 rings (SSSR count). The third-order valence-electron chi connectivity index (χ3n) is 5.26. The van der Waals surface area contributed by atoms with Gasteiger partial charge in [0, 0.05) is 13.6 Å². The molecule has 8 nitrogen and oxygen atoms in total. The van der Waals surface area contributed by atoms with Gasteiger partial charge in [0.15, 0.2) is 0 Å². The van der Waals surface area contributed by atoms with Crippen molar-refractivity contribution in [2.75, 3.05) is 31.6 Å². The zero-order chi connectivity index (χ0) is 24.9. The summed E-state index contributed by atoms with van der Waals surface area (Å²) in [7, 11) is -5.19. The van der Waals surface area contributed by atoms with Gasteiger partial charge in [0.25, 0.3) is 10.0 Å². The standard InChI is InChI=1S/C24H28N2O6S2/c1-19-13-15-22(16-14-19)33(28,29)25(2)17-20(27)18-26(23-11-7-8-12-24(23)32-3)34(30,31)21-9-5-4-6-10-21/h4-16,20,27H,17-18H2,1-3H3/t20-/m0/s1. The van der Waals surface area contributed by atoms with Gasteiger partial charge in [0.2, 0.25) is 10.0 Å². The van der Waals surface area contributed by atoms with E-state index >= 15 is 0 Å². The molecule has 34 heavy (non-hydrogen) atoms. The van der Waals surface area contributed by atoms with E-state index in [0.29, 0.717) is 5.75 Å². The first-order chi connectivity index (χ1) is 16.1. The van der Waals surface area contributed by atoms with Crippen LogP contribution in [-0.4, -0.2) is 59.6 Å². The predicted octanol–water partition coefficient (Wildman–Crippen LogP) is 2.88. The molecule has 10 heteroatoms. The first-order valence-corrected chi connectivity index (χ1v) is 13.4. The van der Waals surface area contributed by atoms with Crippen molar-refractivity contribution in [2.24, 2.45) is 0 Å². The fourth-order valence-electron chi connectivity index (χ4n) is 3.42. The Kier molecular flexibility index (Phi) is 7.98. The van der Waals surface area contributed by atoms with Gasteiger partial charge < -0.3 is 9.84 Å². The summed E-state index contributed by atoms with van der Waals surface area (Å²) >= 11 is 0. The molecule has 0 saturated carbocycles. The fourth-order valence-corrected chi connectivity index (χ4v) is 6.16. The van der Waals surface area contributed by atoms with Crippen LogP contribution in [0, 0.1) is 6.92 Å². The average molecular weight is 505 g/mol. The van der Waals surface area contributed by atoms with Crippen molar-refractivity contribution < 1.29 is 26.7 Å². The lowest BCUT2D eigenvalue weighted by Gasteiger charge is -2.29. The first kappa shape index (κ1) is 25.7. The topological polar surface area (TPSA) is 104 Å². The summed E-state index contributed by atoms with van der Waals surface area (Å²) in [6.07, 6.45) is -1.33. The summed E-state index contributed by atoms with van der Waals surface area (Å²) in [6, 6.07) is 20.7. The molecule has 0 aliphatic rings. The molecule has 0 bridgehead atoms. The molecule has 3 aromatic rings. The summed E-state index contributed by atoms with van der Waals surface area (Å²) in [5.74, 6) is 0.301. The maximum Gasteiger partial charge on any atom is 0.264 e. The molecule has 182 valence electrons. The van der Waals surface area contributed by atoms with Crippen molar-refractivity contribution in [3.05, 3.63) is 84.4 Å². The van der Waals surface area contributed by atoms with E-state index in [1.807, 2.05) is 6.92 Å². The van der Waals surface area contributed by atoms with Crippen molar-refractivity contribution in [1.29, 1.82) is 0 Å². The number of para-hydroxylation sites is 2. The van der Waals surface area contributed by atoms with Gasteiger partial charge in [-0.2, -0.15) is 4.31 Å².